The first-order valence-corrected chi connectivity index (χ1v) is 13.2. The quantitative estimate of drug-likeness (QED) is 0.183. The van der Waals surface area contributed by atoms with Gasteiger partial charge < -0.3 is 23.7 Å². The fourth-order valence-electron chi connectivity index (χ4n) is 3.72. The number of ether oxygens (including phenoxy) is 5. The molecule has 0 aliphatic carbocycles. The molecule has 1 fully saturated rings. The molecular weight excluding hydrogens is 504 g/mol. The third-order valence-corrected chi connectivity index (χ3v) is 7.74. The van der Waals surface area contributed by atoms with Gasteiger partial charge in [0.25, 0.3) is 0 Å². The van der Waals surface area contributed by atoms with Crippen LogP contribution >= 0.6 is 0 Å². The van der Waals surface area contributed by atoms with E-state index in [1.54, 1.807) is 24.3 Å². The third-order valence-electron chi connectivity index (χ3n) is 5.51. The Balaban J connectivity index is 1.16. The molecule has 0 aromatic heterocycles. The standard InChI is InChI=1S/C30H25O7S/c31-29(34-19-25-20-35-30(32)37-25)21-33-22-11-13-23(14-12-22)36-24-15-17-28(18-16-24)38(26-7-3-1-4-8-26)27-9-5-2-6-10-27/h1-18,25H,19-21H2/q+1. The predicted molar refractivity (Wildman–Crippen MR) is 141 cm³/mol. The van der Waals surface area contributed by atoms with Crippen molar-refractivity contribution >= 4 is 23.0 Å². The summed E-state index contributed by atoms with van der Waals surface area (Å²) in [4.78, 5) is 26.5. The first-order chi connectivity index (χ1) is 18.6. The van der Waals surface area contributed by atoms with Gasteiger partial charge in [0.15, 0.2) is 27.4 Å². The Labute approximate surface area is 223 Å². The van der Waals surface area contributed by atoms with Crippen molar-refractivity contribution in [2.24, 2.45) is 0 Å². The third kappa shape index (κ3) is 6.66. The number of hydrogen-bond donors (Lipinski definition) is 0. The number of benzene rings is 4. The van der Waals surface area contributed by atoms with Crippen molar-refractivity contribution in [3.63, 3.8) is 0 Å². The topological polar surface area (TPSA) is 80.3 Å². The van der Waals surface area contributed by atoms with Crippen LogP contribution in [-0.4, -0.2) is 38.0 Å². The summed E-state index contributed by atoms with van der Waals surface area (Å²) in [6.45, 7) is -0.274. The van der Waals surface area contributed by atoms with Crippen molar-refractivity contribution in [3.8, 4) is 17.2 Å². The van der Waals surface area contributed by atoms with Gasteiger partial charge in [-0.15, -0.1) is 0 Å². The summed E-state index contributed by atoms with van der Waals surface area (Å²) >= 11 is 0. The van der Waals surface area contributed by atoms with Crippen LogP contribution in [0.25, 0.3) is 0 Å². The number of hydrogen-bond acceptors (Lipinski definition) is 7. The maximum absolute atomic E-state index is 11.9. The molecule has 1 atom stereocenters. The highest BCUT2D eigenvalue weighted by Crippen LogP contribution is 2.33. The average molecular weight is 530 g/mol. The number of cyclic esters (lactones) is 2. The molecule has 1 unspecified atom stereocenters. The van der Waals surface area contributed by atoms with Crippen LogP contribution in [0.4, 0.5) is 4.79 Å². The molecule has 7 nitrogen and oxygen atoms in total. The zero-order chi connectivity index (χ0) is 26.2. The molecule has 5 rings (SSSR count). The Hall–Kier alpha value is -4.43. The van der Waals surface area contributed by atoms with Gasteiger partial charge in [-0.3, -0.25) is 0 Å². The molecule has 0 N–H and O–H groups in total. The molecule has 192 valence electrons. The summed E-state index contributed by atoms with van der Waals surface area (Å²) in [6, 6.07) is 36.0. The molecule has 4 aromatic rings. The van der Waals surface area contributed by atoms with Gasteiger partial charge in [-0.25, -0.2) is 9.59 Å². The van der Waals surface area contributed by atoms with Crippen molar-refractivity contribution in [3.05, 3.63) is 109 Å². The Morgan fingerprint density at radius 2 is 1.26 bits per heavy atom. The van der Waals surface area contributed by atoms with Gasteiger partial charge in [0.2, 0.25) is 0 Å². The van der Waals surface area contributed by atoms with E-state index in [4.69, 9.17) is 18.9 Å². The van der Waals surface area contributed by atoms with Crippen molar-refractivity contribution in [1.29, 1.82) is 0 Å². The largest absolute Gasteiger partial charge is 0.508 e. The highest BCUT2D eigenvalue weighted by Gasteiger charge is 2.28. The Morgan fingerprint density at radius 1 is 0.737 bits per heavy atom. The Bertz CT molecular complexity index is 1300. The van der Waals surface area contributed by atoms with Crippen LogP contribution in [0.2, 0.25) is 0 Å². The minimum absolute atomic E-state index is 0.0676. The normalized spacial score (nSPS) is 14.4. The Morgan fingerprint density at radius 3 is 1.82 bits per heavy atom. The molecule has 4 aromatic carbocycles. The molecule has 1 saturated heterocycles. The molecule has 8 heteroatoms. The summed E-state index contributed by atoms with van der Waals surface area (Å²) in [5.74, 6) is 1.28. The zero-order valence-corrected chi connectivity index (χ0v) is 21.2. The lowest BCUT2D eigenvalue weighted by molar-refractivity contribution is -0.148. The monoisotopic (exact) mass is 529 g/mol. The highest BCUT2D eigenvalue weighted by molar-refractivity contribution is 7.97. The SMILES string of the molecule is O=C(COc1ccc(Oc2ccc([S+](c3ccccc3)c3ccccc3)cc2)cc1)OCC1COC(=O)O1. The van der Waals surface area contributed by atoms with Crippen LogP contribution in [0.5, 0.6) is 17.2 Å². The lowest BCUT2D eigenvalue weighted by Crippen LogP contribution is -2.23. The number of carbonyl (C=O) groups excluding carboxylic acids is 2. The van der Waals surface area contributed by atoms with Crippen LogP contribution in [0.15, 0.2) is 124 Å². The molecule has 1 heterocycles. The molecule has 1 aliphatic heterocycles. The maximum Gasteiger partial charge on any atom is 0.508 e. The van der Waals surface area contributed by atoms with E-state index in [-0.39, 0.29) is 30.7 Å². The molecule has 1 aliphatic rings. The summed E-state index contributed by atoms with van der Waals surface area (Å²) in [5, 5.41) is 0. The van der Waals surface area contributed by atoms with Crippen molar-refractivity contribution in [2.45, 2.75) is 20.8 Å². The lowest BCUT2D eigenvalue weighted by Gasteiger charge is -2.11. The number of rotatable bonds is 10. The van der Waals surface area contributed by atoms with Crippen LogP contribution in [0, 0.1) is 0 Å². The molecule has 0 saturated carbocycles. The van der Waals surface area contributed by atoms with Gasteiger partial charge in [0.05, 0.1) is 10.9 Å². The summed E-state index contributed by atoms with van der Waals surface area (Å²) in [5.41, 5.74) is 0. The van der Waals surface area contributed by atoms with E-state index < -0.39 is 18.2 Å². The first-order valence-electron chi connectivity index (χ1n) is 12.0. The molecule has 0 spiro atoms. The maximum atomic E-state index is 11.9. The summed E-state index contributed by atoms with van der Waals surface area (Å²) < 4.78 is 26.0. The van der Waals surface area contributed by atoms with Gasteiger partial charge in [-0.1, -0.05) is 36.4 Å². The fourth-order valence-corrected chi connectivity index (χ4v) is 5.81. The highest BCUT2D eigenvalue weighted by atomic mass is 32.2. The first kappa shape index (κ1) is 25.2. The van der Waals surface area contributed by atoms with E-state index in [9.17, 15) is 9.59 Å². The van der Waals surface area contributed by atoms with Crippen molar-refractivity contribution in [1.82, 2.24) is 0 Å². The van der Waals surface area contributed by atoms with E-state index in [2.05, 4.69) is 65.4 Å². The van der Waals surface area contributed by atoms with E-state index >= 15 is 0 Å². The predicted octanol–water partition coefficient (Wildman–Crippen LogP) is 6.03. The zero-order valence-electron chi connectivity index (χ0n) is 20.4. The fraction of sp³-hybridized carbons (Fsp3) is 0.133. The van der Waals surface area contributed by atoms with Crippen LogP contribution in [0.1, 0.15) is 0 Å². The van der Waals surface area contributed by atoms with E-state index in [0.29, 0.717) is 17.2 Å². The molecule has 0 radical (unpaired) electrons. The molecular formula is C30H25O7S+. The van der Waals surface area contributed by atoms with Crippen molar-refractivity contribution in [2.75, 3.05) is 19.8 Å². The average Bonchev–Trinajstić information content (AvgIpc) is 3.39. The Kier molecular flexibility index (Phi) is 8.10. The second kappa shape index (κ2) is 12.2. The van der Waals surface area contributed by atoms with Crippen LogP contribution in [-0.2, 0) is 29.9 Å². The number of carbonyl (C=O) groups is 2. The van der Waals surface area contributed by atoms with Gasteiger partial charge in [-0.2, -0.15) is 0 Å². The van der Waals surface area contributed by atoms with Gasteiger partial charge in [0.1, 0.15) is 30.5 Å². The lowest BCUT2D eigenvalue weighted by atomic mass is 10.3. The minimum atomic E-state index is -0.760. The molecule has 38 heavy (non-hydrogen) atoms. The van der Waals surface area contributed by atoms with Crippen molar-refractivity contribution < 1.29 is 33.3 Å². The summed E-state index contributed by atoms with van der Waals surface area (Å²) in [6.07, 6.45) is -1.34. The van der Waals surface area contributed by atoms with E-state index in [0.717, 1.165) is 0 Å². The summed E-state index contributed by atoms with van der Waals surface area (Å²) in [7, 11) is -0.221. The van der Waals surface area contributed by atoms with Gasteiger partial charge >= 0.3 is 12.1 Å². The van der Waals surface area contributed by atoms with Gasteiger partial charge in [-0.05, 0) is 72.8 Å². The molecule has 0 bridgehead atoms. The smallest absolute Gasteiger partial charge is 0.482 e. The second-order valence-corrected chi connectivity index (χ2v) is 10.3. The second-order valence-electron chi connectivity index (χ2n) is 8.25. The molecule has 0 amide bonds. The van der Waals surface area contributed by atoms with E-state index in [1.807, 2.05) is 24.3 Å². The van der Waals surface area contributed by atoms with E-state index in [1.165, 1.54) is 14.7 Å². The van der Waals surface area contributed by atoms with Crippen LogP contribution < -0.4 is 9.47 Å². The van der Waals surface area contributed by atoms with Gasteiger partial charge in [0, 0.05) is 0 Å². The minimum Gasteiger partial charge on any atom is -0.482 e. The number of esters is 1. The van der Waals surface area contributed by atoms with Crippen LogP contribution in [0.3, 0.4) is 0 Å².